The van der Waals surface area contributed by atoms with Gasteiger partial charge in [0, 0.05) is 6.04 Å². The Labute approximate surface area is 248 Å². The third-order valence-corrected chi connectivity index (χ3v) is 16.6. The van der Waals surface area contributed by atoms with E-state index in [1.54, 1.807) is 83.5 Å². The molecule has 0 heterocycles. The van der Waals surface area contributed by atoms with E-state index in [9.17, 15) is 0 Å². The van der Waals surface area contributed by atoms with Gasteiger partial charge in [-0.25, -0.2) is 0 Å². The number of unbranched alkanes of at least 4 members (excludes halogenated alkanes) is 1. The zero-order valence-electron chi connectivity index (χ0n) is 26.4. The zero-order chi connectivity index (χ0) is 26.8. The largest absolute Gasteiger partial charge is 0.327 e. The Morgan fingerprint density at radius 3 is 1.70 bits per heavy atom. The molecule has 8 fully saturated rings. The lowest BCUT2D eigenvalue weighted by Crippen LogP contribution is -2.60. The van der Waals surface area contributed by atoms with Gasteiger partial charge in [0.05, 0.1) is 0 Å². The Balaban J connectivity index is 0.941. The number of rotatable bonds is 8. The molecule has 0 bridgehead atoms. The van der Waals surface area contributed by atoms with Gasteiger partial charge in [0.1, 0.15) is 0 Å². The van der Waals surface area contributed by atoms with Crippen LogP contribution in [0.15, 0.2) is 0 Å². The van der Waals surface area contributed by atoms with Gasteiger partial charge < -0.3 is 5.73 Å². The van der Waals surface area contributed by atoms with Crippen LogP contribution in [-0.2, 0) is 0 Å². The molecule has 1 nitrogen and oxygen atoms in total. The maximum absolute atomic E-state index is 7.78. The normalized spacial score (nSPS) is 53.7. The third kappa shape index (κ3) is 4.21. The van der Waals surface area contributed by atoms with Crippen molar-refractivity contribution in [3.05, 3.63) is 0 Å². The minimum Gasteiger partial charge on any atom is -0.327 e. The molecule has 1 spiro atoms. The summed E-state index contributed by atoms with van der Waals surface area (Å²) in [6.45, 7) is 2.43. The van der Waals surface area contributed by atoms with Gasteiger partial charge in [-0.15, -0.1) is 0 Å². The van der Waals surface area contributed by atoms with Crippen LogP contribution in [0.5, 0.6) is 0 Å². The van der Waals surface area contributed by atoms with Crippen LogP contribution in [0.1, 0.15) is 155 Å². The lowest BCUT2D eigenvalue weighted by molar-refractivity contribution is -0.109. The minimum absolute atomic E-state index is 0.545. The summed E-state index contributed by atoms with van der Waals surface area (Å²) in [5.41, 5.74) is 8.34. The van der Waals surface area contributed by atoms with Crippen LogP contribution in [0, 0.1) is 82.3 Å². The Hall–Kier alpha value is -0.0400. The first-order chi connectivity index (χ1) is 19.7. The maximum Gasteiger partial charge on any atom is 0.0135 e. The fourth-order valence-corrected chi connectivity index (χ4v) is 15.3. The average molecular weight is 548 g/mol. The van der Waals surface area contributed by atoms with Gasteiger partial charge >= 0.3 is 0 Å². The smallest absolute Gasteiger partial charge is 0.0135 e. The molecular weight excluding hydrogens is 482 g/mol. The van der Waals surface area contributed by atoms with Crippen molar-refractivity contribution in [1.82, 2.24) is 0 Å². The van der Waals surface area contributed by atoms with Gasteiger partial charge in [-0.2, -0.15) is 0 Å². The van der Waals surface area contributed by atoms with Crippen LogP contribution in [-0.4, -0.2) is 6.04 Å². The van der Waals surface area contributed by atoms with Crippen LogP contribution in [0.2, 0.25) is 0 Å². The second-order valence-corrected chi connectivity index (χ2v) is 17.7. The minimum atomic E-state index is 0.545. The van der Waals surface area contributed by atoms with Gasteiger partial charge in [-0.3, -0.25) is 0 Å². The van der Waals surface area contributed by atoms with E-state index < -0.39 is 0 Å². The van der Waals surface area contributed by atoms with Crippen molar-refractivity contribution in [3.63, 3.8) is 0 Å². The predicted octanol–water partition coefficient (Wildman–Crippen LogP) is 10.4. The SMILES string of the molecule is CCCCC1C2CCCC2C2(C(N)C(CCC3CC(C4CCC(C5CCCC5)C4)C3)C3CCCC32)C2CCCC12. The zero-order valence-corrected chi connectivity index (χ0v) is 26.4. The molecule has 40 heavy (non-hydrogen) atoms. The average Bonchev–Trinajstić information content (AvgIpc) is 3.77. The molecule has 10 unspecified atom stereocenters. The van der Waals surface area contributed by atoms with Gasteiger partial charge in [0.15, 0.2) is 0 Å². The summed E-state index contributed by atoms with van der Waals surface area (Å²) in [6.07, 6.45) is 35.5. The first kappa shape index (κ1) is 27.5. The fraction of sp³-hybridized carbons (Fsp3) is 1.00. The number of fused-ring (bicyclic) bond motifs is 6. The molecule has 1 heteroatoms. The molecule has 0 aromatic carbocycles. The van der Waals surface area contributed by atoms with Crippen LogP contribution < -0.4 is 5.73 Å². The summed E-state index contributed by atoms with van der Waals surface area (Å²) in [5, 5.41) is 0. The summed E-state index contributed by atoms with van der Waals surface area (Å²) >= 11 is 0. The van der Waals surface area contributed by atoms with Gasteiger partial charge in [-0.1, -0.05) is 71.1 Å². The Morgan fingerprint density at radius 2 is 1.10 bits per heavy atom. The highest BCUT2D eigenvalue weighted by Crippen LogP contribution is 2.74. The molecule has 0 radical (unpaired) electrons. The molecule has 8 saturated carbocycles. The van der Waals surface area contributed by atoms with Crippen molar-refractivity contribution in [1.29, 1.82) is 0 Å². The Morgan fingerprint density at radius 1 is 0.525 bits per heavy atom. The van der Waals surface area contributed by atoms with Crippen LogP contribution in [0.3, 0.4) is 0 Å². The monoisotopic (exact) mass is 548 g/mol. The molecular formula is C39H65N. The molecule has 0 amide bonds. The Kier molecular flexibility index (Phi) is 7.67. The molecule has 8 aliphatic rings. The van der Waals surface area contributed by atoms with E-state index in [-0.39, 0.29) is 0 Å². The quantitative estimate of drug-likeness (QED) is 0.321. The van der Waals surface area contributed by atoms with E-state index in [2.05, 4.69) is 6.92 Å². The highest BCUT2D eigenvalue weighted by atomic mass is 14.9. The molecule has 0 aliphatic heterocycles. The first-order valence-corrected chi connectivity index (χ1v) is 19.5. The van der Waals surface area contributed by atoms with E-state index in [1.807, 2.05) is 0 Å². The summed E-state index contributed by atoms with van der Waals surface area (Å²) < 4.78 is 0. The topological polar surface area (TPSA) is 26.0 Å². The van der Waals surface area contributed by atoms with Crippen molar-refractivity contribution in [2.75, 3.05) is 0 Å². The summed E-state index contributed by atoms with van der Waals surface area (Å²) in [6, 6.07) is 0.545. The van der Waals surface area contributed by atoms with Crippen molar-refractivity contribution in [3.8, 4) is 0 Å². The van der Waals surface area contributed by atoms with E-state index >= 15 is 0 Å². The van der Waals surface area contributed by atoms with Crippen LogP contribution in [0.25, 0.3) is 0 Å². The third-order valence-electron chi connectivity index (χ3n) is 16.6. The van der Waals surface area contributed by atoms with Crippen LogP contribution in [0.4, 0.5) is 0 Å². The lowest BCUT2D eigenvalue weighted by atomic mass is 9.46. The Bertz CT molecular complexity index is 844. The van der Waals surface area contributed by atoms with E-state index in [0.717, 1.165) is 76.9 Å². The summed E-state index contributed by atoms with van der Waals surface area (Å²) in [4.78, 5) is 0. The highest BCUT2D eigenvalue weighted by Gasteiger charge is 2.71. The van der Waals surface area contributed by atoms with E-state index in [0.29, 0.717) is 11.5 Å². The second kappa shape index (κ2) is 11.1. The van der Waals surface area contributed by atoms with Crippen molar-refractivity contribution in [2.45, 2.75) is 161 Å². The lowest BCUT2D eigenvalue weighted by Gasteiger charge is -2.59. The molecule has 2 N–H and O–H groups in total. The first-order valence-electron chi connectivity index (χ1n) is 19.5. The van der Waals surface area contributed by atoms with E-state index in [4.69, 9.17) is 5.73 Å². The predicted molar refractivity (Wildman–Crippen MR) is 168 cm³/mol. The summed E-state index contributed by atoms with van der Waals surface area (Å²) in [5.74, 6) is 13.6. The standard InChI is InChI=1S/C39H65N/c1-2-3-11-30-31-12-6-15-35(31)39(36-16-7-13-32(30)36)37-17-8-14-33(37)34(38(39)40)21-18-25-22-29(23-25)28-20-19-27(24-28)26-9-4-5-10-26/h25-38H,2-24,40H2,1H3. The number of hydrogen-bond acceptors (Lipinski definition) is 1. The molecule has 0 aromatic heterocycles. The van der Waals surface area contributed by atoms with Gasteiger partial charge in [0.2, 0.25) is 0 Å². The number of hydrogen-bond donors (Lipinski definition) is 1. The highest BCUT2D eigenvalue weighted by molar-refractivity contribution is 5.21. The molecule has 226 valence electrons. The van der Waals surface area contributed by atoms with Gasteiger partial charge in [-0.05, 0) is 166 Å². The van der Waals surface area contributed by atoms with Crippen molar-refractivity contribution < 1.29 is 0 Å². The van der Waals surface area contributed by atoms with Gasteiger partial charge in [0.25, 0.3) is 0 Å². The second-order valence-electron chi connectivity index (χ2n) is 17.7. The maximum atomic E-state index is 7.78. The summed E-state index contributed by atoms with van der Waals surface area (Å²) in [7, 11) is 0. The molecule has 0 aromatic rings. The van der Waals surface area contributed by atoms with E-state index in [1.165, 1.54) is 64.2 Å². The van der Waals surface area contributed by atoms with Crippen LogP contribution >= 0.6 is 0 Å². The number of nitrogens with two attached hydrogens (primary N) is 1. The van der Waals surface area contributed by atoms with Crippen molar-refractivity contribution in [2.24, 2.45) is 88.1 Å². The molecule has 0 saturated heterocycles. The molecule has 10 atom stereocenters. The fourth-order valence-electron chi connectivity index (χ4n) is 15.3. The molecule has 8 aliphatic carbocycles. The van der Waals surface area contributed by atoms with Crippen molar-refractivity contribution >= 4 is 0 Å². The molecule has 8 rings (SSSR count).